The molecule has 0 aliphatic heterocycles. The Morgan fingerprint density at radius 1 is 0.540 bits per heavy atom. The summed E-state index contributed by atoms with van der Waals surface area (Å²) < 4.78 is 26.4. The van der Waals surface area contributed by atoms with E-state index in [1.807, 2.05) is 0 Å². The lowest BCUT2D eigenvalue weighted by molar-refractivity contribution is -0.142. The van der Waals surface area contributed by atoms with Crippen molar-refractivity contribution in [2.75, 3.05) is 0 Å². The maximum absolute atomic E-state index is 13.2. The second-order valence-electron chi connectivity index (χ2n) is 11.4. The van der Waals surface area contributed by atoms with Gasteiger partial charge in [0.15, 0.2) is 0 Å². The van der Waals surface area contributed by atoms with Crippen molar-refractivity contribution in [1.82, 2.24) is 10.6 Å². The van der Waals surface area contributed by atoms with Crippen molar-refractivity contribution in [2.45, 2.75) is 49.9 Å². The number of halogens is 2. The third-order valence-corrected chi connectivity index (χ3v) is 7.34. The van der Waals surface area contributed by atoms with Crippen molar-refractivity contribution in [3.8, 4) is 11.5 Å². The summed E-state index contributed by atoms with van der Waals surface area (Å²) in [7, 11) is 0. The molecule has 0 saturated carbocycles. The molecular formula is C36H38F2N4O8. The number of nitrogens with two attached hydrogens (primary N) is 2. The first-order valence-corrected chi connectivity index (χ1v) is 15.3. The number of aliphatic carboxylic acids is 2. The quantitative estimate of drug-likeness (QED) is 0.0963. The molecule has 0 spiro atoms. The van der Waals surface area contributed by atoms with Crippen molar-refractivity contribution in [3.05, 3.63) is 131 Å². The van der Waals surface area contributed by atoms with Crippen LogP contribution in [0.25, 0.3) is 0 Å². The standard InChI is InChI=1S/2C18H19FN2O4/c2*19-13-3-1-2-12(8-13)10-16(18(24)25)21-17(23)15(20)9-11-4-6-14(22)7-5-11/h2*1-8,15-16,22H,9-10,20H2,(H,21,23)(H,24,25)/t15-,16+;15-,16-/m00/s1. The maximum Gasteiger partial charge on any atom is 0.326 e. The molecule has 2 amide bonds. The first kappa shape index (κ1) is 38.6. The van der Waals surface area contributed by atoms with Crippen molar-refractivity contribution in [3.63, 3.8) is 0 Å². The first-order chi connectivity index (χ1) is 23.7. The summed E-state index contributed by atoms with van der Waals surface area (Å²) >= 11 is 0. The third kappa shape index (κ3) is 13.0. The summed E-state index contributed by atoms with van der Waals surface area (Å²) in [4.78, 5) is 47.1. The van der Waals surface area contributed by atoms with E-state index < -0.39 is 59.6 Å². The lowest BCUT2D eigenvalue weighted by Gasteiger charge is -2.18. The molecule has 0 saturated heterocycles. The number of amides is 2. The number of carboxylic acid groups (broad SMARTS) is 2. The molecule has 264 valence electrons. The van der Waals surface area contributed by atoms with E-state index in [1.54, 1.807) is 36.4 Å². The molecule has 50 heavy (non-hydrogen) atoms. The van der Waals surface area contributed by atoms with Crippen LogP contribution in [-0.4, -0.2) is 68.3 Å². The summed E-state index contributed by atoms with van der Waals surface area (Å²) in [6.45, 7) is 0. The van der Waals surface area contributed by atoms with Crippen LogP contribution >= 0.6 is 0 Å². The Bertz CT molecular complexity index is 1630. The van der Waals surface area contributed by atoms with Crippen molar-refractivity contribution >= 4 is 23.8 Å². The molecule has 4 rings (SSSR count). The highest BCUT2D eigenvalue weighted by atomic mass is 19.1. The second kappa shape index (κ2) is 18.6. The van der Waals surface area contributed by atoms with Crippen molar-refractivity contribution in [2.24, 2.45) is 11.5 Å². The first-order valence-electron chi connectivity index (χ1n) is 15.3. The Morgan fingerprint density at radius 2 is 0.880 bits per heavy atom. The summed E-state index contributed by atoms with van der Waals surface area (Å²) in [6.07, 6.45) is 0.284. The zero-order valence-corrected chi connectivity index (χ0v) is 26.7. The highest BCUT2D eigenvalue weighted by Crippen LogP contribution is 2.13. The van der Waals surface area contributed by atoms with Crippen LogP contribution < -0.4 is 22.1 Å². The van der Waals surface area contributed by atoms with Gasteiger partial charge in [0.1, 0.15) is 35.2 Å². The predicted octanol–water partition coefficient (Wildman–Crippen LogP) is 2.43. The second-order valence-corrected chi connectivity index (χ2v) is 11.4. The van der Waals surface area contributed by atoms with Gasteiger partial charge in [-0.1, -0.05) is 48.5 Å². The molecule has 0 aliphatic rings. The molecule has 0 aromatic heterocycles. The van der Waals surface area contributed by atoms with Gasteiger partial charge in [-0.2, -0.15) is 0 Å². The molecule has 0 radical (unpaired) electrons. The van der Waals surface area contributed by atoms with Gasteiger partial charge in [-0.25, -0.2) is 18.4 Å². The van der Waals surface area contributed by atoms with Crippen LogP contribution in [0.4, 0.5) is 8.78 Å². The Labute approximate surface area is 286 Å². The molecule has 14 heteroatoms. The Kier molecular flexibility index (Phi) is 14.4. The van der Waals surface area contributed by atoms with Crippen LogP contribution in [-0.2, 0) is 44.9 Å². The number of phenols is 2. The molecule has 0 aliphatic carbocycles. The molecular weight excluding hydrogens is 654 g/mol. The van der Waals surface area contributed by atoms with E-state index in [0.29, 0.717) is 11.1 Å². The van der Waals surface area contributed by atoms with Crippen molar-refractivity contribution in [1.29, 1.82) is 0 Å². The van der Waals surface area contributed by atoms with Gasteiger partial charge in [-0.15, -0.1) is 0 Å². The third-order valence-electron chi connectivity index (χ3n) is 7.34. The summed E-state index contributed by atoms with van der Waals surface area (Å²) in [5, 5.41) is 41.8. The average Bonchev–Trinajstić information content (AvgIpc) is 3.06. The minimum absolute atomic E-state index is 0.0508. The Hall–Kier alpha value is -5.86. The molecule has 4 aromatic rings. The zero-order valence-electron chi connectivity index (χ0n) is 26.7. The van der Waals surface area contributed by atoms with Crippen LogP contribution in [0.3, 0.4) is 0 Å². The van der Waals surface area contributed by atoms with Gasteiger partial charge >= 0.3 is 11.9 Å². The van der Waals surface area contributed by atoms with Gasteiger partial charge in [-0.3, -0.25) is 9.59 Å². The topological polar surface area (TPSA) is 225 Å². The van der Waals surface area contributed by atoms with Crippen LogP contribution in [0.1, 0.15) is 22.3 Å². The molecule has 4 aromatic carbocycles. The largest absolute Gasteiger partial charge is 0.508 e. The average molecular weight is 693 g/mol. The number of carboxylic acids is 2. The van der Waals surface area contributed by atoms with E-state index in [0.717, 1.165) is 11.1 Å². The molecule has 0 fully saturated rings. The van der Waals surface area contributed by atoms with Crippen LogP contribution in [0.15, 0.2) is 97.1 Å². The number of carbonyl (C=O) groups excluding carboxylic acids is 2. The number of aromatic hydroxyl groups is 2. The number of benzene rings is 4. The van der Waals surface area contributed by atoms with Crippen molar-refractivity contribution < 1.29 is 48.4 Å². The smallest absolute Gasteiger partial charge is 0.326 e. The molecule has 0 unspecified atom stereocenters. The molecule has 0 heterocycles. The summed E-state index contributed by atoms with van der Waals surface area (Å²) in [5.41, 5.74) is 14.0. The highest BCUT2D eigenvalue weighted by Gasteiger charge is 2.25. The van der Waals surface area contributed by atoms with Crippen LogP contribution in [0.5, 0.6) is 11.5 Å². The number of hydrogen-bond donors (Lipinski definition) is 8. The number of carbonyl (C=O) groups is 4. The fourth-order valence-electron chi connectivity index (χ4n) is 4.71. The van der Waals surface area contributed by atoms with Gasteiger partial charge < -0.3 is 42.5 Å². The van der Waals surface area contributed by atoms with Gasteiger partial charge in [-0.05, 0) is 83.6 Å². The number of hydrogen-bond acceptors (Lipinski definition) is 8. The number of nitrogens with one attached hydrogen (secondary N) is 2. The molecule has 4 atom stereocenters. The lowest BCUT2D eigenvalue weighted by Crippen LogP contribution is -2.50. The van der Waals surface area contributed by atoms with Crippen LogP contribution in [0, 0.1) is 11.6 Å². The van der Waals surface area contributed by atoms with Crippen LogP contribution in [0.2, 0.25) is 0 Å². The monoisotopic (exact) mass is 692 g/mol. The number of rotatable bonds is 14. The normalized spacial score (nSPS) is 13.0. The van der Waals surface area contributed by atoms with Gasteiger partial charge in [0.05, 0.1) is 12.1 Å². The van der Waals surface area contributed by atoms with E-state index in [4.69, 9.17) is 11.5 Å². The van der Waals surface area contributed by atoms with E-state index in [2.05, 4.69) is 10.6 Å². The minimum Gasteiger partial charge on any atom is -0.508 e. The highest BCUT2D eigenvalue weighted by molar-refractivity contribution is 5.88. The summed E-state index contributed by atoms with van der Waals surface area (Å²) in [5.74, 6) is -4.43. The van der Waals surface area contributed by atoms with E-state index in [-0.39, 0.29) is 37.2 Å². The van der Waals surface area contributed by atoms with E-state index in [1.165, 1.54) is 60.7 Å². The lowest BCUT2D eigenvalue weighted by atomic mass is 10.0. The van der Waals surface area contributed by atoms with Gasteiger partial charge in [0, 0.05) is 12.8 Å². The zero-order chi connectivity index (χ0) is 36.8. The fraction of sp³-hybridized carbons (Fsp3) is 0.222. The SMILES string of the molecule is N[C@@H](Cc1ccc(O)cc1)C(=O)N[C@@H](Cc1cccc(F)c1)C(=O)O.N[C@@H](Cc1ccc(O)cc1)C(=O)N[C@H](Cc1cccc(F)c1)C(=O)O. The molecule has 10 N–H and O–H groups in total. The Balaban J connectivity index is 0.000000270. The molecule has 0 bridgehead atoms. The van der Waals surface area contributed by atoms with Gasteiger partial charge in [0.25, 0.3) is 0 Å². The minimum atomic E-state index is -1.23. The molecule has 12 nitrogen and oxygen atoms in total. The summed E-state index contributed by atoms with van der Waals surface area (Å²) in [6, 6.07) is 19.2. The fourth-order valence-corrected chi connectivity index (χ4v) is 4.71. The Morgan fingerprint density at radius 3 is 1.18 bits per heavy atom. The predicted molar refractivity (Wildman–Crippen MR) is 179 cm³/mol. The number of phenolic OH excluding ortho intramolecular Hbond substituents is 2. The van der Waals surface area contributed by atoms with Gasteiger partial charge in [0.2, 0.25) is 11.8 Å². The van der Waals surface area contributed by atoms with E-state index >= 15 is 0 Å². The van der Waals surface area contributed by atoms with E-state index in [9.17, 15) is 48.4 Å². The maximum atomic E-state index is 13.2.